The third kappa shape index (κ3) is 3.35. The van der Waals surface area contributed by atoms with Gasteiger partial charge in [-0.1, -0.05) is 12.1 Å². The van der Waals surface area contributed by atoms with E-state index in [2.05, 4.69) is 11.4 Å². The second kappa shape index (κ2) is 6.36. The van der Waals surface area contributed by atoms with E-state index in [1.165, 1.54) is 11.1 Å². The fourth-order valence-electron chi connectivity index (χ4n) is 2.75. The van der Waals surface area contributed by atoms with Gasteiger partial charge in [-0.2, -0.15) is 5.26 Å². The SMILES string of the molecule is N#CC1(c2ccc(N3CC(CN/C=C(\N)C(=O)O)OC3=O)cc2)CC1. The predicted octanol–water partition coefficient (Wildman–Crippen LogP) is 1.04. The van der Waals surface area contributed by atoms with Gasteiger partial charge in [0.15, 0.2) is 0 Å². The topological polar surface area (TPSA) is 129 Å². The molecule has 8 nitrogen and oxygen atoms in total. The molecule has 8 heteroatoms. The normalized spacial score (nSPS) is 21.4. The lowest BCUT2D eigenvalue weighted by Gasteiger charge is -2.14. The second-order valence-electron chi connectivity index (χ2n) is 6.17. The van der Waals surface area contributed by atoms with Crippen LogP contribution in [0, 0.1) is 11.3 Å². The minimum atomic E-state index is -1.22. The van der Waals surface area contributed by atoms with Gasteiger partial charge in [-0.15, -0.1) is 0 Å². The van der Waals surface area contributed by atoms with Crippen LogP contribution in [0.5, 0.6) is 0 Å². The van der Waals surface area contributed by atoms with Gasteiger partial charge in [0.1, 0.15) is 11.8 Å². The minimum Gasteiger partial charge on any atom is -0.477 e. The van der Waals surface area contributed by atoms with Gasteiger partial charge in [-0.3, -0.25) is 4.90 Å². The third-order valence-electron chi connectivity index (χ3n) is 4.42. The Bertz CT molecular complexity index is 762. The largest absolute Gasteiger partial charge is 0.477 e. The van der Waals surface area contributed by atoms with Gasteiger partial charge < -0.3 is 20.9 Å². The summed E-state index contributed by atoms with van der Waals surface area (Å²) in [7, 11) is 0. The van der Waals surface area contributed by atoms with Gasteiger partial charge in [0.2, 0.25) is 0 Å². The molecule has 3 rings (SSSR count). The minimum absolute atomic E-state index is 0.256. The molecule has 0 radical (unpaired) electrons. The van der Waals surface area contributed by atoms with Crippen LogP contribution in [0.1, 0.15) is 18.4 Å². The molecular weight excluding hydrogens is 324 g/mol. The molecular formula is C17H18N4O4. The summed E-state index contributed by atoms with van der Waals surface area (Å²) in [4.78, 5) is 24.1. The molecule has 4 N–H and O–H groups in total. The Balaban J connectivity index is 1.60. The number of carboxylic acids is 1. The maximum Gasteiger partial charge on any atom is 0.414 e. The van der Waals surface area contributed by atoms with Gasteiger partial charge in [-0.05, 0) is 30.5 Å². The fraction of sp³-hybridized carbons (Fsp3) is 0.353. The molecule has 1 saturated carbocycles. The molecule has 2 aliphatic rings. The van der Waals surface area contributed by atoms with Gasteiger partial charge in [0.05, 0.1) is 24.6 Å². The number of hydrogen-bond acceptors (Lipinski definition) is 6. The second-order valence-corrected chi connectivity index (χ2v) is 6.17. The molecule has 1 aromatic rings. The molecule has 1 aromatic carbocycles. The molecule has 1 heterocycles. The monoisotopic (exact) mass is 342 g/mol. The molecule has 1 aliphatic heterocycles. The number of carbonyl (C=O) groups excluding carboxylic acids is 1. The van der Waals surface area contributed by atoms with Crippen molar-refractivity contribution in [2.75, 3.05) is 18.0 Å². The van der Waals surface area contributed by atoms with E-state index in [0.29, 0.717) is 12.2 Å². The van der Waals surface area contributed by atoms with Crippen LogP contribution in [0.3, 0.4) is 0 Å². The van der Waals surface area contributed by atoms with Crippen LogP contribution in [0.4, 0.5) is 10.5 Å². The van der Waals surface area contributed by atoms with E-state index in [9.17, 15) is 14.9 Å². The number of cyclic esters (lactones) is 1. The first kappa shape index (κ1) is 16.6. The van der Waals surface area contributed by atoms with Crippen molar-refractivity contribution in [1.29, 1.82) is 5.26 Å². The number of amides is 1. The zero-order valence-electron chi connectivity index (χ0n) is 13.4. The number of nitrogens with two attached hydrogens (primary N) is 1. The van der Waals surface area contributed by atoms with Crippen LogP contribution in [0.15, 0.2) is 36.2 Å². The highest BCUT2D eigenvalue weighted by atomic mass is 16.6. The van der Waals surface area contributed by atoms with E-state index < -0.39 is 18.2 Å². The summed E-state index contributed by atoms with van der Waals surface area (Å²) in [6.07, 6.45) is 2.03. The molecule has 25 heavy (non-hydrogen) atoms. The van der Waals surface area contributed by atoms with Crippen LogP contribution in [-0.2, 0) is 14.9 Å². The van der Waals surface area contributed by atoms with Crippen molar-refractivity contribution in [2.24, 2.45) is 5.73 Å². The summed E-state index contributed by atoms with van der Waals surface area (Å²) in [5.74, 6) is -1.22. The van der Waals surface area contributed by atoms with Crippen LogP contribution in [0.2, 0.25) is 0 Å². The Morgan fingerprint density at radius 2 is 2.16 bits per heavy atom. The molecule has 130 valence electrons. The molecule has 0 spiro atoms. The average molecular weight is 342 g/mol. The number of anilines is 1. The standard InChI is InChI=1S/C17H18N4O4/c18-10-17(5-6-17)11-1-3-12(4-2-11)21-9-13(25-16(21)24)7-20-8-14(19)15(22)23/h1-4,8,13,20H,5-7,9,19H2,(H,22,23)/b14-8-. The van der Waals surface area contributed by atoms with Crippen LogP contribution < -0.4 is 16.0 Å². The highest BCUT2D eigenvalue weighted by molar-refractivity contribution is 5.89. The summed E-state index contributed by atoms with van der Waals surface area (Å²) in [6, 6.07) is 9.72. The fourth-order valence-corrected chi connectivity index (χ4v) is 2.75. The first-order chi connectivity index (χ1) is 11.9. The van der Waals surface area contributed by atoms with Crippen LogP contribution in [0.25, 0.3) is 0 Å². The number of nitriles is 1. The molecule has 1 unspecified atom stereocenters. The molecule has 2 fully saturated rings. The van der Waals surface area contributed by atoms with Crippen LogP contribution in [-0.4, -0.2) is 36.4 Å². The highest BCUT2D eigenvalue weighted by Crippen LogP contribution is 2.47. The van der Waals surface area contributed by atoms with Crippen LogP contribution >= 0.6 is 0 Å². The number of benzene rings is 1. The van der Waals surface area contributed by atoms with Gasteiger partial charge in [0, 0.05) is 11.9 Å². The maximum absolute atomic E-state index is 12.0. The zero-order chi connectivity index (χ0) is 18.0. The van der Waals surface area contributed by atoms with Gasteiger partial charge in [0.25, 0.3) is 0 Å². The molecule has 0 bridgehead atoms. The highest BCUT2D eigenvalue weighted by Gasteiger charge is 2.44. The zero-order valence-corrected chi connectivity index (χ0v) is 13.4. The van der Waals surface area contributed by atoms with Crippen molar-refractivity contribution < 1.29 is 19.4 Å². The number of aliphatic carboxylic acids is 1. The summed E-state index contributed by atoms with van der Waals surface area (Å²) >= 11 is 0. The van der Waals surface area contributed by atoms with Gasteiger partial charge in [-0.25, -0.2) is 9.59 Å². The van der Waals surface area contributed by atoms with E-state index in [1.807, 2.05) is 24.3 Å². The Morgan fingerprint density at radius 3 is 2.72 bits per heavy atom. The summed E-state index contributed by atoms with van der Waals surface area (Å²) < 4.78 is 5.26. The lowest BCUT2D eigenvalue weighted by atomic mass is 9.97. The van der Waals surface area contributed by atoms with E-state index >= 15 is 0 Å². The number of hydrogen-bond donors (Lipinski definition) is 3. The number of nitrogens with one attached hydrogen (secondary N) is 1. The Morgan fingerprint density at radius 1 is 1.48 bits per heavy atom. The third-order valence-corrected chi connectivity index (χ3v) is 4.42. The number of nitrogens with zero attached hydrogens (tertiary/aromatic N) is 2. The number of ether oxygens (including phenoxy) is 1. The summed E-state index contributed by atoms with van der Waals surface area (Å²) in [5, 5.41) is 20.6. The van der Waals surface area contributed by atoms with E-state index in [1.54, 1.807) is 0 Å². The van der Waals surface area contributed by atoms with Crippen molar-refractivity contribution >= 4 is 17.7 Å². The van der Waals surface area contributed by atoms with Gasteiger partial charge >= 0.3 is 12.1 Å². The number of rotatable bonds is 6. The Labute approximate surface area is 144 Å². The molecule has 1 amide bonds. The van der Waals surface area contributed by atoms with E-state index in [-0.39, 0.29) is 17.7 Å². The lowest BCUT2D eigenvalue weighted by molar-refractivity contribution is -0.132. The van der Waals surface area contributed by atoms with E-state index in [4.69, 9.17) is 15.6 Å². The van der Waals surface area contributed by atoms with Crippen molar-refractivity contribution in [3.05, 3.63) is 41.7 Å². The smallest absolute Gasteiger partial charge is 0.414 e. The maximum atomic E-state index is 12.0. The number of carbonyl (C=O) groups is 2. The average Bonchev–Trinajstić information content (AvgIpc) is 3.32. The predicted molar refractivity (Wildman–Crippen MR) is 88.5 cm³/mol. The first-order valence-electron chi connectivity index (χ1n) is 7.87. The molecule has 0 aromatic heterocycles. The molecule has 1 saturated heterocycles. The lowest BCUT2D eigenvalue weighted by Crippen LogP contribution is -2.29. The Hall–Kier alpha value is -3.21. The number of carboxylic acid groups (broad SMARTS) is 1. The van der Waals surface area contributed by atoms with Crippen molar-refractivity contribution in [3.63, 3.8) is 0 Å². The first-order valence-corrected chi connectivity index (χ1v) is 7.87. The molecule has 1 atom stereocenters. The van der Waals surface area contributed by atoms with Crippen molar-refractivity contribution in [3.8, 4) is 6.07 Å². The summed E-state index contributed by atoms with van der Waals surface area (Å²) in [6.45, 7) is 0.598. The Kier molecular flexibility index (Phi) is 4.23. The van der Waals surface area contributed by atoms with E-state index in [0.717, 1.165) is 18.4 Å². The van der Waals surface area contributed by atoms with Crippen molar-refractivity contribution in [2.45, 2.75) is 24.4 Å². The quantitative estimate of drug-likeness (QED) is 0.659. The summed E-state index contributed by atoms with van der Waals surface area (Å²) in [5.41, 5.74) is 6.27. The van der Waals surface area contributed by atoms with Crippen molar-refractivity contribution in [1.82, 2.24) is 5.32 Å². The molecule has 1 aliphatic carbocycles.